The zero-order chi connectivity index (χ0) is 18.8. The number of benzene rings is 2. The lowest BCUT2D eigenvalue weighted by Gasteiger charge is -2.35. The minimum atomic E-state index is -0.487. The number of carbonyl (C=O) groups excluding carboxylic acids is 1. The van der Waals surface area contributed by atoms with Crippen LogP contribution in [0.3, 0.4) is 0 Å². The number of nitrogens with zero attached hydrogens (tertiary/aromatic N) is 3. The molecule has 0 atom stereocenters. The van der Waals surface area contributed by atoms with Crippen LogP contribution in [0.25, 0.3) is 10.9 Å². The van der Waals surface area contributed by atoms with Crippen molar-refractivity contribution in [1.29, 1.82) is 0 Å². The summed E-state index contributed by atoms with van der Waals surface area (Å²) in [5.74, 6) is -0.731. The lowest BCUT2D eigenvalue weighted by molar-refractivity contribution is 0.0624. The molecule has 0 N–H and O–H groups in total. The molecule has 1 aliphatic heterocycles. The average molecular weight is 428 g/mol. The van der Waals surface area contributed by atoms with Crippen LogP contribution in [0.2, 0.25) is 0 Å². The molecule has 0 spiro atoms. The average Bonchev–Trinajstić information content (AvgIpc) is 2.68. The fourth-order valence-corrected chi connectivity index (χ4v) is 3.81. The molecule has 0 aliphatic carbocycles. The van der Waals surface area contributed by atoms with E-state index in [1.165, 1.54) is 17.7 Å². The van der Waals surface area contributed by atoms with Crippen molar-refractivity contribution in [3.8, 4) is 0 Å². The van der Waals surface area contributed by atoms with Crippen LogP contribution >= 0.6 is 15.9 Å². The number of rotatable bonds is 3. The fraction of sp³-hybridized carbons (Fsp3) is 0.238. The van der Waals surface area contributed by atoms with E-state index in [4.69, 9.17) is 0 Å². The highest BCUT2D eigenvalue weighted by Crippen LogP contribution is 2.20. The van der Waals surface area contributed by atoms with Gasteiger partial charge < -0.3 is 4.90 Å². The minimum Gasteiger partial charge on any atom is -0.336 e. The molecule has 2 heterocycles. The third-order valence-corrected chi connectivity index (χ3v) is 5.42. The molecule has 1 aliphatic rings. The van der Waals surface area contributed by atoms with Crippen LogP contribution in [0.4, 0.5) is 4.39 Å². The summed E-state index contributed by atoms with van der Waals surface area (Å²) < 4.78 is 14.7. The van der Waals surface area contributed by atoms with Crippen molar-refractivity contribution in [1.82, 2.24) is 14.8 Å². The molecule has 1 fully saturated rings. The van der Waals surface area contributed by atoms with E-state index in [1.807, 2.05) is 12.3 Å². The Kier molecular flexibility index (Phi) is 5.18. The molecule has 0 bridgehead atoms. The van der Waals surface area contributed by atoms with Gasteiger partial charge in [0.1, 0.15) is 5.82 Å². The summed E-state index contributed by atoms with van der Waals surface area (Å²) in [6.45, 7) is 3.49. The van der Waals surface area contributed by atoms with E-state index in [2.05, 4.69) is 50.1 Å². The van der Waals surface area contributed by atoms with Crippen molar-refractivity contribution in [2.24, 2.45) is 0 Å². The third-order valence-electron chi connectivity index (χ3n) is 4.93. The largest absolute Gasteiger partial charge is 0.336 e. The second-order valence-corrected chi connectivity index (χ2v) is 7.60. The van der Waals surface area contributed by atoms with Crippen LogP contribution in [-0.2, 0) is 6.54 Å². The fourth-order valence-electron chi connectivity index (χ4n) is 3.48. The molecule has 1 saturated heterocycles. The molecule has 1 amide bonds. The SMILES string of the molecule is O=C(c1ccc(Br)cc1F)N1CCN(Cc2cccc3cccnc23)CC1. The van der Waals surface area contributed by atoms with Gasteiger partial charge in [-0.3, -0.25) is 14.7 Å². The van der Waals surface area contributed by atoms with Gasteiger partial charge >= 0.3 is 0 Å². The van der Waals surface area contributed by atoms with Gasteiger partial charge in [-0.05, 0) is 29.8 Å². The molecule has 0 saturated carbocycles. The topological polar surface area (TPSA) is 36.4 Å². The van der Waals surface area contributed by atoms with E-state index in [1.54, 1.807) is 11.0 Å². The molecule has 2 aromatic carbocycles. The Morgan fingerprint density at radius 2 is 1.85 bits per heavy atom. The van der Waals surface area contributed by atoms with E-state index in [9.17, 15) is 9.18 Å². The van der Waals surface area contributed by atoms with Gasteiger partial charge in [-0.1, -0.05) is 40.2 Å². The predicted octanol–water partition coefficient (Wildman–Crippen LogP) is 4.09. The number of piperazine rings is 1. The van der Waals surface area contributed by atoms with Gasteiger partial charge in [0.2, 0.25) is 0 Å². The lowest BCUT2D eigenvalue weighted by atomic mass is 10.1. The summed E-state index contributed by atoms with van der Waals surface area (Å²) in [4.78, 5) is 21.2. The molecule has 27 heavy (non-hydrogen) atoms. The summed E-state index contributed by atoms with van der Waals surface area (Å²) in [5.41, 5.74) is 2.34. The first-order chi connectivity index (χ1) is 13.1. The summed E-state index contributed by atoms with van der Waals surface area (Å²) in [5, 5.41) is 1.13. The van der Waals surface area contributed by atoms with Crippen LogP contribution in [-0.4, -0.2) is 46.9 Å². The first-order valence-corrected chi connectivity index (χ1v) is 9.70. The highest BCUT2D eigenvalue weighted by Gasteiger charge is 2.24. The van der Waals surface area contributed by atoms with Gasteiger partial charge in [-0.15, -0.1) is 0 Å². The minimum absolute atomic E-state index is 0.130. The van der Waals surface area contributed by atoms with Crippen molar-refractivity contribution in [2.75, 3.05) is 26.2 Å². The molecule has 3 aromatic rings. The Hall–Kier alpha value is -2.31. The van der Waals surface area contributed by atoms with E-state index in [0.717, 1.165) is 30.5 Å². The van der Waals surface area contributed by atoms with Crippen molar-refractivity contribution in [3.05, 3.63) is 76.1 Å². The van der Waals surface area contributed by atoms with Gasteiger partial charge in [-0.25, -0.2) is 4.39 Å². The molecule has 4 nitrogen and oxygen atoms in total. The van der Waals surface area contributed by atoms with Crippen LogP contribution in [0, 0.1) is 5.82 Å². The van der Waals surface area contributed by atoms with Gasteiger partial charge in [0.15, 0.2) is 0 Å². The number of carbonyl (C=O) groups is 1. The highest BCUT2D eigenvalue weighted by atomic mass is 79.9. The molecular formula is C21H19BrFN3O. The number of halogens is 2. The summed E-state index contributed by atoms with van der Waals surface area (Å²) >= 11 is 3.22. The molecule has 1 aromatic heterocycles. The summed E-state index contributed by atoms with van der Waals surface area (Å²) in [6, 6.07) is 14.8. The van der Waals surface area contributed by atoms with E-state index < -0.39 is 5.82 Å². The maximum atomic E-state index is 14.1. The van der Waals surface area contributed by atoms with E-state index in [-0.39, 0.29) is 11.5 Å². The van der Waals surface area contributed by atoms with Gasteiger partial charge in [-0.2, -0.15) is 0 Å². The Balaban J connectivity index is 1.42. The Morgan fingerprint density at radius 1 is 1.07 bits per heavy atom. The van der Waals surface area contributed by atoms with Crippen molar-refractivity contribution >= 4 is 32.7 Å². The van der Waals surface area contributed by atoms with Gasteiger partial charge in [0.25, 0.3) is 5.91 Å². The van der Waals surface area contributed by atoms with Crippen LogP contribution in [0.1, 0.15) is 15.9 Å². The normalized spacial score (nSPS) is 15.3. The van der Waals surface area contributed by atoms with Crippen LogP contribution in [0.5, 0.6) is 0 Å². The molecule has 0 unspecified atom stereocenters. The van der Waals surface area contributed by atoms with E-state index >= 15 is 0 Å². The number of hydrogen-bond donors (Lipinski definition) is 0. The number of para-hydroxylation sites is 1. The number of hydrogen-bond acceptors (Lipinski definition) is 3. The quantitative estimate of drug-likeness (QED) is 0.631. The Labute approximate surface area is 165 Å². The molecule has 138 valence electrons. The highest BCUT2D eigenvalue weighted by molar-refractivity contribution is 9.10. The zero-order valence-electron chi connectivity index (χ0n) is 14.7. The number of amides is 1. The standard InChI is InChI=1S/C21H19BrFN3O/c22-17-6-7-18(19(23)13-17)21(27)26-11-9-25(10-12-26)14-16-4-1-3-15-5-2-8-24-20(15)16/h1-8,13H,9-12,14H2. The second-order valence-electron chi connectivity index (χ2n) is 6.68. The van der Waals surface area contributed by atoms with Gasteiger partial charge in [0, 0.05) is 48.8 Å². The zero-order valence-corrected chi connectivity index (χ0v) is 16.3. The smallest absolute Gasteiger partial charge is 0.256 e. The lowest BCUT2D eigenvalue weighted by Crippen LogP contribution is -2.48. The summed E-state index contributed by atoms with van der Waals surface area (Å²) in [7, 11) is 0. The van der Waals surface area contributed by atoms with Crippen molar-refractivity contribution in [2.45, 2.75) is 6.54 Å². The first kappa shape index (κ1) is 18.1. The van der Waals surface area contributed by atoms with Crippen LogP contribution < -0.4 is 0 Å². The second kappa shape index (κ2) is 7.74. The third kappa shape index (κ3) is 3.87. The maximum Gasteiger partial charge on any atom is 0.256 e. The van der Waals surface area contributed by atoms with E-state index in [0.29, 0.717) is 17.6 Å². The Bertz CT molecular complexity index is 981. The number of pyridine rings is 1. The number of fused-ring (bicyclic) bond motifs is 1. The van der Waals surface area contributed by atoms with Crippen molar-refractivity contribution < 1.29 is 9.18 Å². The Morgan fingerprint density at radius 3 is 2.63 bits per heavy atom. The monoisotopic (exact) mass is 427 g/mol. The van der Waals surface area contributed by atoms with Gasteiger partial charge in [0.05, 0.1) is 11.1 Å². The molecule has 6 heteroatoms. The molecular weight excluding hydrogens is 409 g/mol. The van der Waals surface area contributed by atoms with Crippen LogP contribution in [0.15, 0.2) is 59.2 Å². The first-order valence-electron chi connectivity index (χ1n) is 8.91. The molecule has 4 rings (SSSR count). The number of aromatic nitrogens is 1. The summed E-state index contributed by atoms with van der Waals surface area (Å²) in [6.07, 6.45) is 1.81. The predicted molar refractivity (Wildman–Crippen MR) is 107 cm³/mol. The van der Waals surface area contributed by atoms with Crippen molar-refractivity contribution in [3.63, 3.8) is 0 Å². The maximum absolute atomic E-state index is 14.1. The molecule has 0 radical (unpaired) electrons.